The predicted octanol–water partition coefficient (Wildman–Crippen LogP) is 2.64. The molecule has 0 spiro atoms. The van der Waals surface area contributed by atoms with Crippen molar-refractivity contribution in [1.29, 1.82) is 0 Å². The van der Waals surface area contributed by atoms with Crippen molar-refractivity contribution in [2.45, 2.75) is 25.3 Å². The standard InChI is InChI=1S/C14H22N2S/c1-16(13-8-10-17-11-13)9-4-6-12-5-2-3-7-14(12)15/h2-3,5,7,13H,4,6,8-11,15H2,1H3. The van der Waals surface area contributed by atoms with E-state index in [1.807, 2.05) is 12.1 Å². The van der Waals surface area contributed by atoms with Crippen molar-refractivity contribution in [2.24, 2.45) is 0 Å². The predicted molar refractivity (Wildman–Crippen MR) is 77.5 cm³/mol. The Morgan fingerprint density at radius 3 is 2.94 bits per heavy atom. The van der Waals surface area contributed by atoms with Crippen LogP contribution in [0.5, 0.6) is 0 Å². The van der Waals surface area contributed by atoms with Crippen molar-refractivity contribution in [3.8, 4) is 0 Å². The van der Waals surface area contributed by atoms with Crippen molar-refractivity contribution in [3.05, 3.63) is 29.8 Å². The third-order valence-corrected chi connectivity index (χ3v) is 4.69. The first-order valence-corrected chi connectivity index (χ1v) is 7.54. The van der Waals surface area contributed by atoms with E-state index in [0.717, 1.165) is 18.2 Å². The summed E-state index contributed by atoms with van der Waals surface area (Å²) < 4.78 is 0. The lowest BCUT2D eigenvalue weighted by molar-refractivity contribution is 0.259. The van der Waals surface area contributed by atoms with E-state index in [1.165, 1.54) is 36.5 Å². The van der Waals surface area contributed by atoms with Gasteiger partial charge >= 0.3 is 0 Å². The first-order valence-electron chi connectivity index (χ1n) is 6.39. The number of anilines is 1. The summed E-state index contributed by atoms with van der Waals surface area (Å²) in [4.78, 5) is 2.51. The van der Waals surface area contributed by atoms with Gasteiger partial charge in [-0.15, -0.1) is 0 Å². The number of hydrogen-bond acceptors (Lipinski definition) is 3. The number of para-hydroxylation sites is 1. The molecule has 0 saturated carbocycles. The van der Waals surface area contributed by atoms with Gasteiger partial charge in [-0.05, 0) is 50.2 Å². The third kappa shape index (κ3) is 3.65. The zero-order valence-electron chi connectivity index (χ0n) is 10.6. The molecule has 17 heavy (non-hydrogen) atoms. The van der Waals surface area contributed by atoms with Crippen LogP contribution in [0.3, 0.4) is 0 Å². The molecule has 1 aliphatic heterocycles. The number of benzene rings is 1. The van der Waals surface area contributed by atoms with Gasteiger partial charge in [-0.1, -0.05) is 18.2 Å². The van der Waals surface area contributed by atoms with Gasteiger partial charge in [0, 0.05) is 17.5 Å². The average Bonchev–Trinajstić information content (AvgIpc) is 2.85. The van der Waals surface area contributed by atoms with Gasteiger partial charge in [-0.3, -0.25) is 0 Å². The number of nitrogens with zero attached hydrogens (tertiary/aromatic N) is 1. The largest absolute Gasteiger partial charge is 0.399 e. The number of rotatable bonds is 5. The zero-order valence-corrected chi connectivity index (χ0v) is 11.4. The summed E-state index contributed by atoms with van der Waals surface area (Å²) in [5.41, 5.74) is 8.17. The minimum atomic E-state index is 0.799. The molecule has 0 bridgehead atoms. The minimum Gasteiger partial charge on any atom is -0.399 e. The van der Waals surface area contributed by atoms with E-state index in [-0.39, 0.29) is 0 Å². The number of nitrogen functional groups attached to an aromatic ring is 1. The van der Waals surface area contributed by atoms with Gasteiger partial charge in [-0.2, -0.15) is 11.8 Å². The molecule has 3 heteroatoms. The van der Waals surface area contributed by atoms with Crippen LogP contribution in [0, 0.1) is 0 Å². The molecule has 1 aliphatic rings. The van der Waals surface area contributed by atoms with Gasteiger partial charge in [0.05, 0.1) is 0 Å². The molecule has 0 aromatic heterocycles. The average molecular weight is 250 g/mol. The lowest BCUT2D eigenvalue weighted by Gasteiger charge is -2.23. The highest BCUT2D eigenvalue weighted by atomic mass is 32.2. The number of nitrogens with two attached hydrogens (primary N) is 1. The smallest absolute Gasteiger partial charge is 0.0346 e. The van der Waals surface area contributed by atoms with Crippen LogP contribution < -0.4 is 5.73 Å². The van der Waals surface area contributed by atoms with Gasteiger partial charge in [0.1, 0.15) is 0 Å². The number of thioether (sulfide) groups is 1. The first kappa shape index (κ1) is 12.8. The molecule has 1 fully saturated rings. The third-order valence-electron chi connectivity index (χ3n) is 3.54. The van der Waals surface area contributed by atoms with E-state index in [1.54, 1.807) is 0 Å². The fourth-order valence-corrected chi connectivity index (χ4v) is 3.63. The number of hydrogen-bond donors (Lipinski definition) is 1. The van der Waals surface area contributed by atoms with E-state index in [4.69, 9.17) is 5.73 Å². The van der Waals surface area contributed by atoms with Gasteiger partial charge in [0.2, 0.25) is 0 Å². The Labute approximate surface area is 109 Å². The van der Waals surface area contributed by atoms with E-state index >= 15 is 0 Å². The molecule has 1 heterocycles. The van der Waals surface area contributed by atoms with Crippen molar-refractivity contribution in [3.63, 3.8) is 0 Å². The Kier molecular flexibility index (Phi) is 4.75. The van der Waals surface area contributed by atoms with E-state index in [9.17, 15) is 0 Å². The van der Waals surface area contributed by atoms with Gasteiger partial charge in [0.15, 0.2) is 0 Å². The highest BCUT2D eigenvalue weighted by molar-refractivity contribution is 7.99. The van der Waals surface area contributed by atoms with Gasteiger partial charge in [0.25, 0.3) is 0 Å². The van der Waals surface area contributed by atoms with Crippen LogP contribution in [0.25, 0.3) is 0 Å². The monoisotopic (exact) mass is 250 g/mol. The fourth-order valence-electron chi connectivity index (χ4n) is 2.33. The summed E-state index contributed by atoms with van der Waals surface area (Å²) in [5, 5.41) is 0. The van der Waals surface area contributed by atoms with Crippen molar-refractivity contribution >= 4 is 17.4 Å². The van der Waals surface area contributed by atoms with Crippen LogP contribution in [0.1, 0.15) is 18.4 Å². The lowest BCUT2D eigenvalue weighted by Crippen LogP contribution is -2.32. The molecule has 1 aromatic carbocycles. The van der Waals surface area contributed by atoms with Crippen molar-refractivity contribution < 1.29 is 0 Å². The maximum absolute atomic E-state index is 5.94. The SMILES string of the molecule is CN(CCCc1ccccc1N)C1CCSC1. The first-order chi connectivity index (χ1) is 8.27. The molecule has 1 unspecified atom stereocenters. The molecule has 0 aliphatic carbocycles. The van der Waals surface area contributed by atoms with Crippen LogP contribution in [0.4, 0.5) is 5.69 Å². The maximum Gasteiger partial charge on any atom is 0.0346 e. The van der Waals surface area contributed by atoms with Crippen LogP contribution in [-0.2, 0) is 6.42 Å². The summed E-state index contributed by atoms with van der Waals surface area (Å²) in [6.45, 7) is 1.18. The topological polar surface area (TPSA) is 29.3 Å². The fraction of sp³-hybridized carbons (Fsp3) is 0.571. The second kappa shape index (κ2) is 6.31. The summed E-state index contributed by atoms with van der Waals surface area (Å²) in [6.07, 6.45) is 3.65. The summed E-state index contributed by atoms with van der Waals surface area (Å²) >= 11 is 2.08. The van der Waals surface area contributed by atoms with Crippen LogP contribution in [-0.4, -0.2) is 36.0 Å². The molecule has 2 N–H and O–H groups in total. The Morgan fingerprint density at radius 2 is 2.24 bits per heavy atom. The second-order valence-electron chi connectivity index (χ2n) is 4.80. The van der Waals surface area contributed by atoms with Crippen LogP contribution >= 0.6 is 11.8 Å². The Hall–Kier alpha value is -0.670. The highest BCUT2D eigenvalue weighted by Gasteiger charge is 2.19. The highest BCUT2D eigenvalue weighted by Crippen LogP contribution is 2.21. The summed E-state index contributed by atoms with van der Waals surface area (Å²) in [7, 11) is 2.25. The minimum absolute atomic E-state index is 0.799. The molecule has 1 aromatic rings. The second-order valence-corrected chi connectivity index (χ2v) is 5.95. The van der Waals surface area contributed by atoms with Crippen molar-refractivity contribution in [2.75, 3.05) is 30.8 Å². The van der Waals surface area contributed by atoms with Crippen LogP contribution in [0.15, 0.2) is 24.3 Å². The molecule has 0 amide bonds. The van der Waals surface area contributed by atoms with Crippen LogP contribution in [0.2, 0.25) is 0 Å². The maximum atomic E-state index is 5.94. The molecular formula is C14H22N2S. The van der Waals surface area contributed by atoms with Gasteiger partial charge < -0.3 is 10.6 Å². The molecule has 0 radical (unpaired) electrons. The Balaban J connectivity index is 1.74. The van der Waals surface area contributed by atoms with Crippen molar-refractivity contribution in [1.82, 2.24) is 4.90 Å². The molecule has 2 nitrogen and oxygen atoms in total. The van der Waals surface area contributed by atoms with Gasteiger partial charge in [-0.25, -0.2) is 0 Å². The quantitative estimate of drug-likeness (QED) is 0.815. The molecular weight excluding hydrogens is 228 g/mol. The molecule has 94 valence electrons. The zero-order chi connectivity index (χ0) is 12.1. The summed E-state index contributed by atoms with van der Waals surface area (Å²) in [6, 6.07) is 9.00. The molecule has 1 atom stereocenters. The lowest BCUT2D eigenvalue weighted by atomic mass is 10.1. The Bertz CT molecular complexity index is 348. The Morgan fingerprint density at radius 1 is 1.41 bits per heavy atom. The van der Waals surface area contributed by atoms with E-state index in [0.29, 0.717) is 0 Å². The summed E-state index contributed by atoms with van der Waals surface area (Å²) in [5.74, 6) is 2.64. The molecule has 2 rings (SSSR count). The normalized spacial score (nSPS) is 20.0. The molecule has 1 saturated heterocycles. The number of aryl methyl sites for hydroxylation is 1. The van der Waals surface area contributed by atoms with E-state index in [2.05, 4.69) is 35.8 Å². The van der Waals surface area contributed by atoms with E-state index < -0.39 is 0 Å².